The molecule has 3 heteroatoms. The first-order valence-corrected chi connectivity index (χ1v) is 8.85. The molecule has 0 heterocycles. The van der Waals surface area contributed by atoms with Crippen molar-refractivity contribution >= 4 is 0 Å². The Morgan fingerprint density at radius 3 is 2.62 bits per heavy atom. The van der Waals surface area contributed by atoms with Crippen molar-refractivity contribution in [3.05, 3.63) is 0 Å². The second kappa shape index (κ2) is 6.97. The van der Waals surface area contributed by atoms with E-state index in [4.69, 9.17) is 9.47 Å². The SMILES string of the molecule is CCOCCCNCC(C)OC1CC2CCC1(C)C2(C)C. The topological polar surface area (TPSA) is 30.5 Å². The van der Waals surface area contributed by atoms with Crippen molar-refractivity contribution in [2.45, 2.75) is 72.5 Å². The first-order valence-electron chi connectivity index (χ1n) is 8.85. The lowest BCUT2D eigenvalue weighted by molar-refractivity contribution is -0.0791. The number of rotatable bonds is 9. The zero-order valence-corrected chi connectivity index (χ0v) is 14.7. The van der Waals surface area contributed by atoms with Crippen LogP contribution in [0.2, 0.25) is 0 Å². The van der Waals surface area contributed by atoms with E-state index >= 15 is 0 Å². The minimum atomic E-state index is 0.300. The number of hydrogen-bond acceptors (Lipinski definition) is 3. The molecule has 0 amide bonds. The summed E-state index contributed by atoms with van der Waals surface area (Å²) in [6.45, 7) is 15.2. The van der Waals surface area contributed by atoms with E-state index < -0.39 is 0 Å². The summed E-state index contributed by atoms with van der Waals surface area (Å²) in [5.74, 6) is 0.860. The Balaban J connectivity index is 1.68. The molecule has 2 bridgehead atoms. The van der Waals surface area contributed by atoms with E-state index in [1.165, 1.54) is 19.3 Å². The van der Waals surface area contributed by atoms with Crippen molar-refractivity contribution in [2.24, 2.45) is 16.7 Å². The molecule has 0 radical (unpaired) electrons. The van der Waals surface area contributed by atoms with Gasteiger partial charge in [-0.15, -0.1) is 0 Å². The highest BCUT2D eigenvalue weighted by molar-refractivity contribution is 5.11. The molecule has 0 saturated heterocycles. The Bertz CT molecular complexity index is 331. The van der Waals surface area contributed by atoms with Crippen LogP contribution in [0.15, 0.2) is 0 Å². The van der Waals surface area contributed by atoms with E-state index in [0.717, 1.165) is 38.6 Å². The fourth-order valence-electron chi connectivity index (χ4n) is 4.41. The fourth-order valence-corrected chi connectivity index (χ4v) is 4.41. The molecule has 2 rings (SSSR count). The third-order valence-electron chi connectivity index (χ3n) is 6.39. The van der Waals surface area contributed by atoms with Crippen LogP contribution >= 0.6 is 0 Å². The molecule has 2 fully saturated rings. The van der Waals surface area contributed by atoms with Crippen molar-refractivity contribution in [1.29, 1.82) is 0 Å². The van der Waals surface area contributed by atoms with E-state index in [0.29, 0.717) is 23.0 Å². The molecular weight excluding hydrogens is 262 g/mol. The molecule has 0 aromatic heterocycles. The van der Waals surface area contributed by atoms with Gasteiger partial charge < -0.3 is 14.8 Å². The Hall–Kier alpha value is -0.120. The lowest BCUT2D eigenvalue weighted by atomic mass is 9.70. The van der Waals surface area contributed by atoms with Crippen LogP contribution in [-0.4, -0.2) is 38.5 Å². The molecule has 2 aliphatic rings. The van der Waals surface area contributed by atoms with E-state index in [1.807, 2.05) is 6.92 Å². The molecule has 1 N–H and O–H groups in total. The highest BCUT2D eigenvalue weighted by atomic mass is 16.5. The van der Waals surface area contributed by atoms with Gasteiger partial charge in [0.05, 0.1) is 12.2 Å². The molecule has 0 aliphatic heterocycles. The van der Waals surface area contributed by atoms with Gasteiger partial charge in [0, 0.05) is 19.8 Å². The summed E-state index contributed by atoms with van der Waals surface area (Å²) in [7, 11) is 0. The van der Waals surface area contributed by atoms with Gasteiger partial charge in [-0.25, -0.2) is 0 Å². The fraction of sp³-hybridized carbons (Fsp3) is 1.00. The predicted molar refractivity (Wildman–Crippen MR) is 87.5 cm³/mol. The van der Waals surface area contributed by atoms with Crippen molar-refractivity contribution in [2.75, 3.05) is 26.3 Å². The van der Waals surface area contributed by atoms with Gasteiger partial charge in [-0.05, 0) is 62.8 Å². The standard InChI is InChI=1S/C18H35NO2/c1-6-20-11-7-10-19-13-14(2)21-16-12-15-8-9-18(16,5)17(15,3)4/h14-16,19H,6-13H2,1-5H3. The van der Waals surface area contributed by atoms with Crippen LogP contribution in [0, 0.1) is 16.7 Å². The van der Waals surface area contributed by atoms with Gasteiger partial charge in [0.25, 0.3) is 0 Å². The maximum atomic E-state index is 6.42. The first-order chi connectivity index (χ1) is 9.91. The normalized spacial score (nSPS) is 35.3. The van der Waals surface area contributed by atoms with Crippen LogP contribution in [0.4, 0.5) is 0 Å². The molecule has 2 aliphatic carbocycles. The third kappa shape index (κ3) is 3.46. The minimum absolute atomic E-state index is 0.300. The van der Waals surface area contributed by atoms with Crippen molar-refractivity contribution in [3.63, 3.8) is 0 Å². The molecule has 4 atom stereocenters. The van der Waals surface area contributed by atoms with Crippen LogP contribution in [0.25, 0.3) is 0 Å². The Morgan fingerprint density at radius 1 is 1.29 bits per heavy atom. The smallest absolute Gasteiger partial charge is 0.0675 e. The molecule has 0 aromatic rings. The second-order valence-electron chi connectivity index (χ2n) is 7.80. The lowest BCUT2D eigenvalue weighted by Gasteiger charge is -2.40. The molecular formula is C18H35NO2. The monoisotopic (exact) mass is 297 g/mol. The zero-order valence-electron chi connectivity index (χ0n) is 14.7. The number of hydrogen-bond donors (Lipinski definition) is 1. The molecule has 3 nitrogen and oxygen atoms in total. The number of ether oxygens (including phenoxy) is 2. The zero-order chi connectivity index (χ0) is 15.5. The van der Waals surface area contributed by atoms with E-state index in [1.54, 1.807) is 0 Å². The lowest BCUT2D eigenvalue weighted by Crippen LogP contribution is -2.40. The summed E-state index contributed by atoms with van der Waals surface area (Å²) in [6, 6.07) is 0. The molecule has 21 heavy (non-hydrogen) atoms. The molecule has 2 saturated carbocycles. The first kappa shape index (κ1) is 17.2. The Kier molecular flexibility index (Phi) is 5.72. The van der Waals surface area contributed by atoms with E-state index in [9.17, 15) is 0 Å². The minimum Gasteiger partial charge on any atom is -0.382 e. The number of nitrogens with one attached hydrogen (secondary N) is 1. The van der Waals surface area contributed by atoms with Crippen molar-refractivity contribution in [1.82, 2.24) is 5.32 Å². The highest BCUT2D eigenvalue weighted by Gasteiger charge is 2.62. The molecule has 0 aromatic carbocycles. The maximum absolute atomic E-state index is 6.42. The van der Waals surface area contributed by atoms with Crippen molar-refractivity contribution < 1.29 is 9.47 Å². The van der Waals surface area contributed by atoms with Gasteiger partial charge >= 0.3 is 0 Å². The van der Waals surface area contributed by atoms with Crippen molar-refractivity contribution in [3.8, 4) is 0 Å². The van der Waals surface area contributed by atoms with Gasteiger partial charge in [0.2, 0.25) is 0 Å². The van der Waals surface area contributed by atoms with Gasteiger partial charge in [0.15, 0.2) is 0 Å². The Labute approximate surface area is 131 Å². The van der Waals surface area contributed by atoms with Crippen LogP contribution in [0.5, 0.6) is 0 Å². The quantitative estimate of drug-likeness (QED) is 0.659. The van der Waals surface area contributed by atoms with Crippen LogP contribution < -0.4 is 5.32 Å². The van der Waals surface area contributed by atoms with Gasteiger partial charge in [-0.2, -0.15) is 0 Å². The third-order valence-corrected chi connectivity index (χ3v) is 6.39. The highest BCUT2D eigenvalue weighted by Crippen LogP contribution is 2.66. The van der Waals surface area contributed by atoms with Crippen LogP contribution in [-0.2, 0) is 9.47 Å². The maximum Gasteiger partial charge on any atom is 0.0675 e. The average Bonchev–Trinajstić information content (AvgIpc) is 2.76. The van der Waals surface area contributed by atoms with Gasteiger partial charge in [-0.1, -0.05) is 20.8 Å². The summed E-state index contributed by atoms with van der Waals surface area (Å²) >= 11 is 0. The largest absolute Gasteiger partial charge is 0.382 e. The summed E-state index contributed by atoms with van der Waals surface area (Å²) in [6.07, 6.45) is 5.83. The van der Waals surface area contributed by atoms with Crippen LogP contribution in [0.3, 0.4) is 0 Å². The van der Waals surface area contributed by atoms with E-state index in [-0.39, 0.29) is 0 Å². The average molecular weight is 297 g/mol. The van der Waals surface area contributed by atoms with Crippen LogP contribution in [0.1, 0.15) is 60.3 Å². The summed E-state index contributed by atoms with van der Waals surface area (Å²) in [5, 5.41) is 3.49. The summed E-state index contributed by atoms with van der Waals surface area (Å²) in [5.41, 5.74) is 0.823. The van der Waals surface area contributed by atoms with Gasteiger partial charge in [0.1, 0.15) is 0 Å². The van der Waals surface area contributed by atoms with E-state index in [2.05, 4.69) is 33.0 Å². The van der Waals surface area contributed by atoms with Gasteiger partial charge in [-0.3, -0.25) is 0 Å². The molecule has 4 unspecified atom stereocenters. The molecule has 124 valence electrons. The second-order valence-corrected chi connectivity index (χ2v) is 7.80. The predicted octanol–water partition coefficient (Wildman–Crippen LogP) is 3.62. The Morgan fingerprint density at radius 2 is 2.05 bits per heavy atom. The summed E-state index contributed by atoms with van der Waals surface area (Å²) < 4.78 is 11.8. The summed E-state index contributed by atoms with van der Waals surface area (Å²) in [4.78, 5) is 0. The number of fused-ring (bicyclic) bond motifs is 2. The molecule has 0 spiro atoms.